The summed E-state index contributed by atoms with van der Waals surface area (Å²) in [6.45, 7) is 2.14. The van der Waals surface area contributed by atoms with Gasteiger partial charge < -0.3 is 5.73 Å². The average molecular weight is 288 g/mol. The zero-order valence-electron chi connectivity index (χ0n) is 9.13. The van der Waals surface area contributed by atoms with Crippen molar-refractivity contribution in [1.82, 2.24) is 0 Å². The largest absolute Gasteiger partial charge is 0.323 e. The Morgan fingerprint density at radius 2 is 2.07 bits per heavy atom. The predicted molar refractivity (Wildman–Crippen MR) is 70.3 cm³/mol. The molecule has 0 radical (unpaired) electrons. The monoisotopic (exact) mass is 287 g/mol. The molecule has 0 bridgehead atoms. The first-order chi connectivity index (χ1) is 7.18. The van der Waals surface area contributed by atoms with Crippen molar-refractivity contribution >= 4 is 27.3 Å². The Labute approximate surface area is 104 Å². The molecule has 15 heavy (non-hydrogen) atoms. The van der Waals surface area contributed by atoms with E-state index in [1.54, 1.807) is 0 Å². The number of thiophene rings is 1. The van der Waals surface area contributed by atoms with Crippen LogP contribution in [0.4, 0.5) is 0 Å². The maximum atomic E-state index is 6.34. The van der Waals surface area contributed by atoms with Crippen LogP contribution in [0.2, 0.25) is 0 Å². The van der Waals surface area contributed by atoms with Gasteiger partial charge in [0, 0.05) is 20.3 Å². The van der Waals surface area contributed by atoms with Crippen LogP contribution in [-0.4, -0.2) is 0 Å². The number of nitrogens with two attached hydrogens (primary N) is 1. The summed E-state index contributed by atoms with van der Waals surface area (Å²) in [5, 5.41) is 0. The fraction of sp³-hybridized carbons (Fsp3) is 0.667. The summed E-state index contributed by atoms with van der Waals surface area (Å²) in [7, 11) is 0. The van der Waals surface area contributed by atoms with Gasteiger partial charge in [-0.2, -0.15) is 0 Å². The zero-order chi connectivity index (χ0) is 10.8. The van der Waals surface area contributed by atoms with E-state index in [2.05, 4.69) is 28.9 Å². The smallest absolute Gasteiger partial charge is 0.0418 e. The van der Waals surface area contributed by atoms with Crippen molar-refractivity contribution in [2.45, 2.75) is 45.1 Å². The third-order valence-electron chi connectivity index (χ3n) is 3.36. The Bertz CT molecular complexity index is 309. The van der Waals surface area contributed by atoms with Gasteiger partial charge >= 0.3 is 0 Å². The molecule has 2 N–H and O–H groups in total. The molecule has 1 heterocycles. The maximum absolute atomic E-state index is 6.34. The minimum Gasteiger partial charge on any atom is -0.323 e. The third-order valence-corrected chi connectivity index (χ3v) is 5.60. The van der Waals surface area contributed by atoms with Crippen molar-refractivity contribution in [1.29, 1.82) is 0 Å². The third kappa shape index (κ3) is 2.63. The number of hydrogen-bond acceptors (Lipinski definition) is 2. The molecule has 2 rings (SSSR count). The van der Waals surface area contributed by atoms with Crippen LogP contribution >= 0.6 is 27.3 Å². The molecule has 1 saturated carbocycles. The lowest BCUT2D eigenvalue weighted by molar-refractivity contribution is 0.310. The van der Waals surface area contributed by atoms with Crippen LogP contribution in [0.5, 0.6) is 0 Å². The van der Waals surface area contributed by atoms with Crippen LogP contribution in [-0.2, 0) is 0 Å². The molecule has 0 aliphatic heterocycles. The molecule has 1 atom stereocenters. The van der Waals surface area contributed by atoms with Crippen LogP contribution in [0, 0.1) is 12.8 Å². The fourth-order valence-electron chi connectivity index (χ4n) is 2.37. The molecule has 1 aliphatic carbocycles. The number of halogens is 1. The molecule has 1 aromatic rings. The van der Waals surface area contributed by atoms with E-state index in [-0.39, 0.29) is 6.04 Å². The van der Waals surface area contributed by atoms with Gasteiger partial charge in [-0.05, 0) is 47.7 Å². The van der Waals surface area contributed by atoms with Crippen molar-refractivity contribution in [2.24, 2.45) is 11.7 Å². The molecule has 0 aromatic carbocycles. The Hall–Kier alpha value is 0.140. The second kappa shape index (κ2) is 4.98. The summed E-state index contributed by atoms with van der Waals surface area (Å²) in [6.07, 6.45) is 6.76. The second-order valence-electron chi connectivity index (χ2n) is 4.48. The molecule has 1 aromatic heterocycles. The topological polar surface area (TPSA) is 26.0 Å². The molecule has 1 unspecified atom stereocenters. The highest BCUT2D eigenvalue weighted by molar-refractivity contribution is 9.10. The lowest BCUT2D eigenvalue weighted by Gasteiger charge is -2.26. The summed E-state index contributed by atoms with van der Waals surface area (Å²) in [5.74, 6) is 0.712. The maximum Gasteiger partial charge on any atom is 0.0418 e. The predicted octanol–water partition coefficient (Wildman–Crippen LogP) is 4.40. The molecule has 1 nitrogen and oxygen atoms in total. The minimum absolute atomic E-state index is 0.264. The summed E-state index contributed by atoms with van der Waals surface area (Å²) < 4.78 is 1.22. The van der Waals surface area contributed by atoms with E-state index in [1.807, 2.05) is 11.3 Å². The van der Waals surface area contributed by atoms with Gasteiger partial charge in [0.2, 0.25) is 0 Å². The highest BCUT2D eigenvalue weighted by atomic mass is 79.9. The van der Waals surface area contributed by atoms with Gasteiger partial charge in [0.05, 0.1) is 0 Å². The highest BCUT2D eigenvalue weighted by Gasteiger charge is 2.23. The van der Waals surface area contributed by atoms with Crippen molar-refractivity contribution in [3.05, 3.63) is 20.3 Å². The van der Waals surface area contributed by atoms with Crippen LogP contribution in [0.25, 0.3) is 0 Å². The van der Waals surface area contributed by atoms with Gasteiger partial charge in [-0.25, -0.2) is 0 Å². The first-order valence-corrected chi connectivity index (χ1v) is 7.31. The average Bonchev–Trinajstić information content (AvgIpc) is 2.59. The number of hydrogen-bond donors (Lipinski definition) is 1. The highest BCUT2D eigenvalue weighted by Crippen LogP contribution is 2.37. The van der Waals surface area contributed by atoms with Gasteiger partial charge in [-0.15, -0.1) is 11.3 Å². The van der Waals surface area contributed by atoms with Gasteiger partial charge in [-0.3, -0.25) is 0 Å². The van der Waals surface area contributed by atoms with E-state index < -0.39 is 0 Å². The summed E-state index contributed by atoms with van der Waals surface area (Å²) in [6, 6.07) is 2.47. The van der Waals surface area contributed by atoms with E-state index in [9.17, 15) is 0 Å². The molecule has 0 amide bonds. The molecule has 1 aliphatic rings. The van der Waals surface area contributed by atoms with Crippen molar-refractivity contribution in [3.8, 4) is 0 Å². The van der Waals surface area contributed by atoms with E-state index >= 15 is 0 Å². The first kappa shape index (κ1) is 11.6. The number of rotatable bonds is 2. The summed E-state index contributed by atoms with van der Waals surface area (Å²) in [5.41, 5.74) is 6.34. The van der Waals surface area contributed by atoms with Crippen LogP contribution in [0.3, 0.4) is 0 Å². The van der Waals surface area contributed by atoms with E-state index in [4.69, 9.17) is 5.73 Å². The quantitative estimate of drug-likeness (QED) is 0.857. The molecular formula is C12H18BrNS. The van der Waals surface area contributed by atoms with Crippen molar-refractivity contribution < 1.29 is 0 Å². The standard InChI is InChI=1S/C12H18BrNS/c1-8-10(13)7-11(15-8)12(14)9-5-3-2-4-6-9/h7,9,12H,2-6,14H2,1H3. The summed E-state index contributed by atoms with van der Waals surface area (Å²) in [4.78, 5) is 2.70. The van der Waals surface area contributed by atoms with E-state index in [1.165, 1.54) is 46.3 Å². The van der Waals surface area contributed by atoms with Crippen LogP contribution in [0.15, 0.2) is 10.5 Å². The van der Waals surface area contributed by atoms with E-state index in [0.717, 1.165) is 0 Å². The molecular weight excluding hydrogens is 270 g/mol. The van der Waals surface area contributed by atoms with Crippen LogP contribution in [0.1, 0.15) is 47.9 Å². The Kier molecular flexibility index (Phi) is 3.86. The zero-order valence-corrected chi connectivity index (χ0v) is 11.5. The molecule has 3 heteroatoms. The Morgan fingerprint density at radius 3 is 2.60 bits per heavy atom. The van der Waals surface area contributed by atoms with Crippen molar-refractivity contribution in [3.63, 3.8) is 0 Å². The van der Waals surface area contributed by atoms with Crippen LogP contribution < -0.4 is 5.73 Å². The van der Waals surface area contributed by atoms with Gasteiger partial charge in [0.1, 0.15) is 0 Å². The van der Waals surface area contributed by atoms with E-state index in [0.29, 0.717) is 5.92 Å². The molecule has 0 spiro atoms. The van der Waals surface area contributed by atoms with Gasteiger partial charge in [-0.1, -0.05) is 19.3 Å². The van der Waals surface area contributed by atoms with Gasteiger partial charge in [0.15, 0.2) is 0 Å². The molecule has 84 valence electrons. The summed E-state index contributed by atoms with van der Waals surface area (Å²) >= 11 is 5.41. The Morgan fingerprint density at radius 1 is 1.40 bits per heavy atom. The molecule has 1 fully saturated rings. The number of aryl methyl sites for hydroxylation is 1. The van der Waals surface area contributed by atoms with Gasteiger partial charge in [0.25, 0.3) is 0 Å². The normalized spacial score (nSPS) is 20.5. The SMILES string of the molecule is Cc1sc(C(N)C2CCCCC2)cc1Br. The first-order valence-electron chi connectivity index (χ1n) is 5.70. The lowest BCUT2D eigenvalue weighted by atomic mass is 9.84. The Balaban J connectivity index is 2.08. The lowest BCUT2D eigenvalue weighted by Crippen LogP contribution is -2.22. The minimum atomic E-state index is 0.264. The molecule has 0 saturated heterocycles. The van der Waals surface area contributed by atoms with Crippen molar-refractivity contribution in [2.75, 3.05) is 0 Å². The fourth-order valence-corrected chi connectivity index (χ4v) is 4.03. The second-order valence-corrected chi connectivity index (χ2v) is 6.62.